The van der Waals surface area contributed by atoms with Gasteiger partial charge in [0.1, 0.15) is 17.7 Å². The van der Waals surface area contributed by atoms with Gasteiger partial charge in [-0.25, -0.2) is 19.3 Å². The Bertz CT molecular complexity index is 936. The zero-order chi connectivity index (χ0) is 18.1. The third-order valence-corrected chi connectivity index (χ3v) is 4.77. The highest BCUT2D eigenvalue weighted by Gasteiger charge is 2.15. The van der Waals surface area contributed by atoms with Gasteiger partial charge in [-0.15, -0.1) is 0 Å². The van der Waals surface area contributed by atoms with E-state index in [4.69, 9.17) is 5.73 Å². The van der Waals surface area contributed by atoms with Crippen LogP contribution in [0.2, 0.25) is 0 Å². The Morgan fingerprint density at radius 2 is 1.88 bits per heavy atom. The maximum absolute atomic E-state index is 14.2. The number of likely N-dealkylation sites (N-methyl/N-ethyl adjacent to an activating group) is 1. The van der Waals surface area contributed by atoms with Crippen LogP contribution in [0.15, 0.2) is 36.7 Å². The minimum absolute atomic E-state index is 0.259. The number of rotatable bonds is 3. The molecule has 3 aromatic rings. The highest BCUT2D eigenvalue weighted by atomic mass is 19.1. The number of piperazine rings is 1. The average Bonchev–Trinajstić information content (AvgIpc) is 2.63. The van der Waals surface area contributed by atoms with Crippen molar-refractivity contribution in [3.63, 3.8) is 0 Å². The van der Waals surface area contributed by atoms with Crippen LogP contribution in [0, 0.1) is 5.82 Å². The molecular formula is C19H21FN6. The Hall–Kier alpha value is -2.64. The minimum atomic E-state index is -0.259. The molecule has 1 saturated heterocycles. The fourth-order valence-electron chi connectivity index (χ4n) is 3.27. The third-order valence-electron chi connectivity index (χ3n) is 4.77. The maximum atomic E-state index is 14.2. The Kier molecular flexibility index (Phi) is 4.48. The van der Waals surface area contributed by atoms with Gasteiger partial charge in [0.25, 0.3) is 0 Å². The number of anilines is 1. The average molecular weight is 352 g/mol. The van der Waals surface area contributed by atoms with Gasteiger partial charge in [-0.3, -0.25) is 4.90 Å². The molecule has 26 heavy (non-hydrogen) atoms. The number of halogens is 1. The van der Waals surface area contributed by atoms with Crippen molar-refractivity contribution in [1.82, 2.24) is 24.8 Å². The van der Waals surface area contributed by atoms with Crippen molar-refractivity contribution < 1.29 is 4.39 Å². The van der Waals surface area contributed by atoms with Crippen LogP contribution in [0.5, 0.6) is 0 Å². The van der Waals surface area contributed by atoms with Gasteiger partial charge in [0.2, 0.25) is 0 Å². The maximum Gasteiger partial charge on any atom is 0.153 e. The van der Waals surface area contributed by atoms with Crippen LogP contribution >= 0.6 is 0 Å². The monoisotopic (exact) mass is 352 g/mol. The number of hydrogen-bond donors (Lipinski definition) is 1. The van der Waals surface area contributed by atoms with Crippen molar-refractivity contribution in [3.05, 3.63) is 48.0 Å². The number of nitrogens with zero attached hydrogens (tertiary/aromatic N) is 5. The molecule has 134 valence electrons. The van der Waals surface area contributed by atoms with Gasteiger partial charge >= 0.3 is 0 Å². The summed E-state index contributed by atoms with van der Waals surface area (Å²) in [4.78, 5) is 17.3. The van der Waals surface area contributed by atoms with Crippen LogP contribution in [-0.4, -0.2) is 58.0 Å². The molecule has 0 atom stereocenters. The molecule has 7 heteroatoms. The number of fused-ring (bicyclic) bond motifs is 1. The molecule has 0 amide bonds. The van der Waals surface area contributed by atoms with Crippen LogP contribution in [0.4, 0.5) is 10.2 Å². The molecule has 1 aromatic carbocycles. The first-order valence-electron chi connectivity index (χ1n) is 8.66. The summed E-state index contributed by atoms with van der Waals surface area (Å²) in [5.41, 5.74) is 9.46. The molecule has 2 N–H and O–H groups in total. The van der Waals surface area contributed by atoms with Crippen LogP contribution in [0.3, 0.4) is 0 Å². The second kappa shape index (κ2) is 6.93. The van der Waals surface area contributed by atoms with Crippen molar-refractivity contribution in [1.29, 1.82) is 0 Å². The number of pyridine rings is 1. The molecule has 3 heterocycles. The fraction of sp³-hybridized carbons (Fsp3) is 0.316. The highest BCUT2D eigenvalue weighted by Crippen LogP contribution is 2.24. The Morgan fingerprint density at radius 1 is 1.08 bits per heavy atom. The number of aromatic nitrogens is 3. The van der Waals surface area contributed by atoms with Gasteiger partial charge in [-0.1, -0.05) is 0 Å². The van der Waals surface area contributed by atoms with Crippen molar-refractivity contribution in [2.75, 3.05) is 39.0 Å². The van der Waals surface area contributed by atoms with E-state index in [2.05, 4.69) is 31.8 Å². The predicted molar refractivity (Wildman–Crippen MR) is 99.9 cm³/mol. The van der Waals surface area contributed by atoms with Gasteiger partial charge < -0.3 is 10.6 Å². The summed E-state index contributed by atoms with van der Waals surface area (Å²) < 4.78 is 14.2. The SMILES string of the molecule is CN1CCN(Cc2cc(F)cc(-c3ccc4ncnc(N)c4n3)c2)CC1. The van der Waals surface area contributed by atoms with E-state index >= 15 is 0 Å². The Labute approximate surface area is 151 Å². The van der Waals surface area contributed by atoms with E-state index in [9.17, 15) is 4.39 Å². The van der Waals surface area contributed by atoms with Gasteiger partial charge in [-0.05, 0) is 42.9 Å². The zero-order valence-electron chi connectivity index (χ0n) is 14.7. The Balaban J connectivity index is 1.64. The molecule has 4 rings (SSSR count). The molecular weight excluding hydrogens is 331 g/mol. The second-order valence-corrected chi connectivity index (χ2v) is 6.75. The van der Waals surface area contributed by atoms with Gasteiger partial charge in [0, 0.05) is 38.3 Å². The largest absolute Gasteiger partial charge is 0.382 e. The van der Waals surface area contributed by atoms with Crippen molar-refractivity contribution in [3.8, 4) is 11.3 Å². The van der Waals surface area contributed by atoms with Gasteiger partial charge in [0.05, 0.1) is 11.2 Å². The number of nitrogens with two attached hydrogens (primary N) is 1. The number of hydrogen-bond acceptors (Lipinski definition) is 6. The van der Waals surface area contributed by atoms with Crippen LogP contribution in [0.1, 0.15) is 5.56 Å². The third kappa shape index (κ3) is 3.49. The Morgan fingerprint density at radius 3 is 2.69 bits per heavy atom. The molecule has 0 unspecified atom stereocenters. The molecule has 1 aliphatic heterocycles. The lowest BCUT2D eigenvalue weighted by atomic mass is 10.1. The highest BCUT2D eigenvalue weighted by molar-refractivity contribution is 5.85. The molecule has 0 radical (unpaired) electrons. The summed E-state index contributed by atoms with van der Waals surface area (Å²) >= 11 is 0. The van der Waals surface area contributed by atoms with E-state index in [0.717, 1.165) is 43.9 Å². The zero-order valence-corrected chi connectivity index (χ0v) is 14.7. The first kappa shape index (κ1) is 16.8. The summed E-state index contributed by atoms with van der Waals surface area (Å²) in [6, 6.07) is 8.77. The quantitative estimate of drug-likeness (QED) is 0.779. The summed E-state index contributed by atoms with van der Waals surface area (Å²) in [7, 11) is 2.12. The van der Waals surface area contributed by atoms with Crippen molar-refractivity contribution in [2.24, 2.45) is 0 Å². The smallest absolute Gasteiger partial charge is 0.153 e. The van der Waals surface area contributed by atoms with Crippen molar-refractivity contribution >= 4 is 16.9 Å². The molecule has 0 bridgehead atoms. The number of nitrogen functional groups attached to an aromatic ring is 1. The molecule has 0 saturated carbocycles. The molecule has 0 spiro atoms. The van der Waals surface area contributed by atoms with E-state index in [1.54, 1.807) is 6.07 Å². The predicted octanol–water partition coefficient (Wildman–Crippen LogP) is 2.16. The summed E-state index contributed by atoms with van der Waals surface area (Å²) in [6.45, 7) is 4.79. The van der Waals surface area contributed by atoms with Gasteiger partial charge in [-0.2, -0.15) is 0 Å². The lowest BCUT2D eigenvalue weighted by Crippen LogP contribution is -2.43. The molecule has 1 aliphatic rings. The lowest BCUT2D eigenvalue weighted by molar-refractivity contribution is 0.148. The molecule has 1 fully saturated rings. The fourth-order valence-corrected chi connectivity index (χ4v) is 3.27. The summed E-state index contributed by atoms with van der Waals surface area (Å²) in [6.07, 6.45) is 1.41. The first-order valence-corrected chi connectivity index (χ1v) is 8.66. The summed E-state index contributed by atoms with van der Waals surface area (Å²) in [5, 5.41) is 0. The lowest BCUT2D eigenvalue weighted by Gasteiger charge is -2.32. The topological polar surface area (TPSA) is 71.2 Å². The summed E-state index contributed by atoms with van der Waals surface area (Å²) in [5.74, 6) is 0.0664. The normalized spacial score (nSPS) is 16.2. The van der Waals surface area contributed by atoms with Crippen molar-refractivity contribution in [2.45, 2.75) is 6.54 Å². The van der Waals surface area contributed by atoms with E-state index < -0.39 is 0 Å². The van der Waals surface area contributed by atoms with E-state index in [1.807, 2.05) is 18.2 Å². The molecule has 0 aliphatic carbocycles. The van der Waals surface area contributed by atoms with Gasteiger partial charge in [0.15, 0.2) is 5.82 Å². The van der Waals surface area contributed by atoms with E-state index in [0.29, 0.717) is 22.5 Å². The van der Waals surface area contributed by atoms with Crippen LogP contribution in [0.25, 0.3) is 22.3 Å². The molecule has 6 nitrogen and oxygen atoms in total. The van der Waals surface area contributed by atoms with E-state index in [-0.39, 0.29) is 5.82 Å². The standard InChI is InChI=1S/C19H21FN6/c1-25-4-6-26(7-5-25)11-13-8-14(10-15(20)9-13)16-2-3-17-18(24-16)19(21)23-12-22-17/h2-3,8-10,12H,4-7,11H2,1H3,(H2,21,22,23). The van der Waals surface area contributed by atoms with Crippen LogP contribution < -0.4 is 5.73 Å². The first-order chi connectivity index (χ1) is 12.6. The minimum Gasteiger partial charge on any atom is -0.382 e. The molecule has 2 aromatic heterocycles. The van der Waals surface area contributed by atoms with Crippen LogP contribution in [-0.2, 0) is 6.54 Å². The van der Waals surface area contributed by atoms with E-state index in [1.165, 1.54) is 12.4 Å². The second-order valence-electron chi connectivity index (χ2n) is 6.75. The number of benzene rings is 1.